The highest BCUT2D eigenvalue weighted by molar-refractivity contribution is 5.78. The van der Waals surface area contributed by atoms with Crippen LogP contribution in [0.3, 0.4) is 0 Å². The molecule has 2 heterocycles. The molecule has 0 fully saturated rings. The summed E-state index contributed by atoms with van der Waals surface area (Å²) in [7, 11) is 0. The molecule has 1 aromatic carbocycles. The number of hydrogen-bond acceptors (Lipinski definition) is 2. The van der Waals surface area contributed by atoms with Crippen molar-refractivity contribution >= 4 is 10.9 Å². The van der Waals surface area contributed by atoms with Crippen molar-refractivity contribution in [1.29, 1.82) is 0 Å². The topological polar surface area (TPSA) is 70.7 Å². The number of rotatable bonds is 1. The number of aromatic amines is 2. The molecular formula is C12H9N3O2. The smallest absolute Gasteiger partial charge is 0.333 e. The Morgan fingerprint density at radius 2 is 1.76 bits per heavy atom. The van der Waals surface area contributed by atoms with Gasteiger partial charge >= 0.3 is 5.69 Å². The Balaban J connectivity index is 2.49. The van der Waals surface area contributed by atoms with Crippen molar-refractivity contribution in [2.75, 3.05) is 0 Å². The Kier molecular flexibility index (Phi) is 1.98. The number of nitrogens with one attached hydrogen (secondary N) is 2. The summed E-state index contributed by atoms with van der Waals surface area (Å²) in [6.45, 7) is 0. The fourth-order valence-corrected chi connectivity index (χ4v) is 1.89. The van der Waals surface area contributed by atoms with Gasteiger partial charge in [0.05, 0.1) is 16.6 Å². The molecule has 3 aromatic rings. The van der Waals surface area contributed by atoms with E-state index in [-0.39, 0.29) is 5.56 Å². The third kappa shape index (κ3) is 1.40. The molecule has 0 aliphatic heterocycles. The predicted octanol–water partition coefficient (Wildman–Crippen LogP) is 1.01. The van der Waals surface area contributed by atoms with Crippen molar-refractivity contribution in [2.24, 2.45) is 0 Å². The minimum Gasteiger partial charge on any atom is -0.365 e. The average Bonchev–Trinajstić information content (AvgIpc) is 2.79. The molecule has 5 nitrogen and oxygen atoms in total. The molecule has 0 saturated heterocycles. The summed E-state index contributed by atoms with van der Waals surface area (Å²) in [4.78, 5) is 28.5. The van der Waals surface area contributed by atoms with Crippen LogP contribution in [0.2, 0.25) is 0 Å². The molecule has 2 aromatic heterocycles. The zero-order valence-corrected chi connectivity index (χ0v) is 8.81. The van der Waals surface area contributed by atoms with Gasteiger partial charge in [0.1, 0.15) is 0 Å². The number of para-hydroxylation sites is 1. The molecule has 0 unspecified atom stereocenters. The van der Waals surface area contributed by atoms with Gasteiger partial charge in [0, 0.05) is 12.4 Å². The van der Waals surface area contributed by atoms with Gasteiger partial charge in [-0.05, 0) is 12.1 Å². The van der Waals surface area contributed by atoms with Gasteiger partial charge in [-0.15, -0.1) is 0 Å². The fourth-order valence-electron chi connectivity index (χ4n) is 1.89. The summed E-state index contributed by atoms with van der Waals surface area (Å²) < 4.78 is 1.47. The number of benzene rings is 1. The molecule has 0 radical (unpaired) electrons. The molecule has 17 heavy (non-hydrogen) atoms. The van der Waals surface area contributed by atoms with Crippen molar-refractivity contribution in [3.05, 3.63) is 63.6 Å². The third-order valence-electron chi connectivity index (χ3n) is 2.65. The maximum atomic E-state index is 11.8. The van der Waals surface area contributed by atoms with Gasteiger partial charge in [0.15, 0.2) is 0 Å². The molecule has 0 spiro atoms. The lowest BCUT2D eigenvalue weighted by Gasteiger charge is -2.05. The monoisotopic (exact) mass is 227 g/mol. The Labute approximate surface area is 95.4 Å². The summed E-state index contributed by atoms with van der Waals surface area (Å²) in [6.07, 6.45) is 3.21. The maximum Gasteiger partial charge on any atom is 0.333 e. The van der Waals surface area contributed by atoms with Crippen LogP contribution >= 0.6 is 0 Å². The summed E-state index contributed by atoms with van der Waals surface area (Å²) in [5, 5.41) is 0.466. The molecule has 0 aliphatic carbocycles. The number of hydrogen-bond donors (Lipinski definition) is 2. The highest BCUT2D eigenvalue weighted by atomic mass is 16.2. The van der Waals surface area contributed by atoms with Gasteiger partial charge in [0.2, 0.25) is 0 Å². The number of aromatic nitrogens is 3. The summed E-state index contributed by atoms with van der Waals surface area (Å²) in [5.74, 6) is 0. The fraction of sp³-hybridized carbons (Fsp3) is 0. The van der Waals surface area contributed by atoms with Crippen molar-refractivity contribution in [3.63, 3.8) is 0 Å². The average molecular weight is 227 g/mol. The van der Waals surface area contributed by atoms with E-state index in [0.717, 1.165) is 5.69 Å². The van der Waals surface area contributed by atoms with E-state index >= 15 is 0 Å². The third-order valence-corrected chi connectivity index (χ3v) is 2.65. The Morgan fingerprint density at radius 3 is 2.53 bits per heavy atom. The van der Waals surface area contributed by atoms with E-state index in [1.54, 1.807) is 12.4 Å². The number of fused-ring (bicyclic) bond motifs is 1. The van der Waals surface area contributed by atoms with E-state index in [4.69, 9.17) is 0 Å². The van der Waals surface area contributed by atoms with E-state index in [1.165, 1.54) is 4.57 Å². The second-order valence-electron chi connectivity index (χ2n) is 3.68. The van der Waals surface area contributed by atoms with Gasteiger partial charge in [-0.2, -0.15) is 0 Å². The lowest BCUT2D eigenvalue weighted by atomic mass is 10.3. The van der Waals surface area contributed by atoms with Gasteiger partial charge in [-0.3, -0.25) is 14.3 Å². The highest BCUT2D eigenvalue weighted by Crippen LogP contribution is 2.11. The molecule has 3 rings (SSSR count). The van der Waals surface area contributed by atoms with Crippen LogP contribution in [0.25, 0.3) is 16.6 Å². The van der Waals surface area contributed by atoms with E-state index in [0.29, 0.717) is 10.9 Å². The molecule has 0 saturated carbocycles. The minimum atomic E-state index is -0.437. The largest absolute Gasteiger partial charge is 0.365 e. The zero-order valence-electron chi connectivity index (χ0n) is 8.81. The maximum absolute atomic E-state index is 11.8. The summed E-state index contributed by atoms with van der Waals surface area (Å²) >= 11 is 0. The first-order valence-corrected chi connectivity index (χ1v) is 5.14. The van der Waals surface area contributed by atoms with Gasteiger partial charge in [0.25, 0.3) is 5.56 Å². The van der Waals surface area contributed by atoms with E-state index in [2.05, 4.69) is 9.97 Å². The summed E-state index contributed by atoms with van der Waals surface area (Å²) in [5.41, 5.74) is 0.482. The van der Waals surface area contributed by atoms with Crippen LogP contribution in [0.5, 0.6) is 0 Å². The predicted molar refractivity (Wildman–Crippen MR) is 64.5 cm³/mol. The SMILES string of the molecule is O=c1[nH]c(=O)n(-c2ccccc2)c2c[nH]cc12. The van der Waals surface area contributed by atoms with Crippen molar-refractivity contribution in [2.45, 2.75) is 0 Å². The molecule has 0 atom stereocenters. The first-order chi connectivity index (χ1) is 8.27. The normalized spacial score (nSPS) is 10.8. The van der Waals surface area contributed by atoms with Crippen LogP contribution in [-0.2, 0) is 0 Å². The highest BCUT2D eigenvalue weighted by Gasteiger charge is 2.08. The molecular weight excluding hydrogens is 218 g/mol. The van der Waals surface area contributed by atoms with Crippen LogP contribution in [0, 0.1) is 0 Å². The zero-order chi connectivity index (χ0) is 11.8. The number of nitrogens with zero attached hydrogens (tertiary/aromatic N) is 1. The summed E-state index contributed by atoms with van der Waals surface area (Å²) in [6, 6.07) is 9.17. The van der Waals surface area contributed by atoms with Gasteiger partial charge < -0.3 is 4.98 Å². The van der Waals surface area contributed by atoms with E-state index in [1.807, 2.05) is 30.3 Å². The van der Waals surface area contributed by atoms with Crippen molar-refractivity contribution < 1.29 is 0 Å². The second kappa shape index (κ2) is 3.48. The molecule has 0 bridgehead atoms. The molecule has 0 aliphatic rings. The van der Waals surface area contributed by atoms with Crippen LogP contribution < -0.4 is 11.2 Å². The van der Waals surface area contributed by atoms with Gasteiger partial charge in [-0.25, -0.2) is 4.79 Å². The molecule has 2 N–H and O–H groups in total. The van der Waals surface area contributed by atoms with Crippen LogP contribution in [0.1, 0.15) is 0 Å². The lowest BCUT2D eigenvalue weighted by molar-refractivity contribution is 0.945. The second-order valence-corrected chi connectivity index (χ2v) is 3.68. The van der Waals surface area contributed by atoms with E-state index < -0.39 is 5.69 Å². The first-order valence-electron chi connectivity index (χ1n) is 5.14. The van der Waals surface area contributed by atoms with Crippen molar-refractivity contribution in [3.8, 4) is 5.69 Å². The standard InChI is InChI=1S/C12H9N3O2/c16-11-9-6-13-7-10(9)15(12(17)14-11)8-4-2-1-3-5-8/h1-7,13H,(H,14,16,17). The van der Waals surface area contributed by atoms with Crippen LogP contribution in [0.4, 0.5) is 0 Å². The number of H-pyrrole nitrogens is 2. The molecule has 5 heteroatoms. The Hall–Kier alpha value is -2.56. The minimum absolute atomic E-state index is 0.376. The Bertz CT molecular complexity index is 781. The van der Waals surface area contributed by atoms with Crippen LogP contribution in [-0.4, -0.2) is 14.5 Å². The lowest BCUT2D eigenvalue weighted by Crippen LogP contribution is -2.28. The molecule has 0 amide bonds. The van der Waals surface area contributed by atoms with E-state index in [9.17, 15) is 9.59 Å². The Morgan fingerprint density at radius 1 is 1.00 bits per heavy atom. The van der Waals surface area contributed by atoms with Crippen molar-refractivity contribution in [1.82, 2.24) is 14.5 Å². The van der Waals surface area contributed by atoms with Gasteiger partial charge in [-0.1, -0.05) is 18.2 Å². The molecule has 84 valence electrons. The first kappa shape index (κ1) is 9.65. The van der Waals surface area contributed by atoms with Crippen LogP contribution in [0.15, 0.2) is 52.3 Å². The quantitative estimate of drug-likeness (QED) is 0.651.